The van der Waals surface area contributed by atoms with E-state index in [-0.39, 0.29) is 24.2 Å². The minimum atomic E-state index is -1.44. The smallest absolute Gasteiger partial charge is 0.310 e. The predicted molar refractivity (Wildman–Crippen MR) is 135 cm³/mol. The number of ether oxygens (including phenoxy) is 1. The molecular weight excluding hydrogens is 468 g/mol. The van der Waals surface area contributed by atoms with E-state index in [1.807, 2.05) is 13.8 Å². The Morgan fingerprint density at radius 3 is 2.43 bits per heavy atom. The van der Waals surface area contributed by atoms with Crippen LogP contribution in [0.2, 0.25) is 0 Å². The van der Waals surface area contributed by atoms with Crippen LogP contribution in [0.25, 0.3) is 0 Å². The summed E-state index contributed by atoms with van der Waals surface area (Å²) >= 11 is 1.66. The van der Waals surface area contributed by atoms with Crippen molar-refractivity contribution in [2.24, 2.45) is 28.9 Å². The Morgan fingerprint density at radius 2 is 1.86 bits per heavy atom. The minimum Gasteiger partial charge on any atom is -0.481 e. The van der Waals surface area contributed by atoms with Gasteiger partial charge in [0.05, 0.1) is 34.4 Å². The van der Waals surface area contributed by atoms with Crippen molar-refractivity contribution in [3.05, 3.63) is 16.1 Å². The Bertz CT molecular complexity index is 885. The summed E-state index contributed by atoms with van der Waals surface area (Å²) in [6, 6.07) is 0.0480. The number of Topliss-reactive ketones (excluding diaryl/α,β-unsaturated/α-hetero) is 2. The first kappa shape index (κ1) is 29.5. The summed E-state index contributed by atoms with van der Waals surface area (Å²) in [5, 5.41) is 22.7. The van der Waals surface area contributed by atoms with E-state index in [4.69, 9.17) is 15.6 Å². The van der Waals surface area contributed by atoms with E-state index < -0.39 is 41.4 Å². The molecule has 1 aromatic rings. The van der Waals surface area contributed by atoms with Crippen LogP contribution in [0.5, 0.6) is 0 Å². The first-order valence-corrected chi connectivity index (χ1v) is 13.4. The third-order valence-electron chi connectivity index (χ3n) is 7.40. The standard InChI is InChI=1S/C26H42N2O6S/c1-14(24(32)16(3)25(33)26(5,6)22(29)12-23(30)31)8-7-9-20-21(34-20)11-19(27)15(2)10-18-13-35-17(4)28-18/h13-16,19-21,24,32H,7-12,27H2,1-6H3,(H,30,31)/t14-,15?,16+,19-,20+,21-,24-/m0/s1. The van der Waals surface area contributed by atoms with Gasteiger partial charge in [0.15, 0.2) is 11.6 Å². The zero-order valence-corrected chi connectivity index (χ0v) is 22.6. The molecule has 0 saturated carbocycles. The highest BCUT2D eigenvalue weighted by Crippen LogP contribution is 2.34. The van der Waals surface area contributed by atoms with Gasteiger partial charge in [-0.15, -0.1) is 11.3 Å². The summed E-state index contributed by atoms with van der Waals surface area (Å²) < 4.78 is 5.83. The van der Waals surface area contributed by atoms with Gasteiger partial charge >= 0.3 is 5.97 Å². The largest absolute Gasteiger partial charge is 0.481 e. The van der Waals surface area contributed by atoms with Gasteiger partial charge in [-0.05, 0) is 58.3 Å². The maximum atomic E-state index is 12.8. The number of aliphatic carboxylic acids is 1. The topological polar surface area (TPSA) is 143 Å². The average Bonchev–Trinajstić information content (AvgIpc) is 3.38. The summed E-state index contributed by atoms with van der Waals surface area (Å²) in [6.45, 7) is 10.5. The van der Waals surface area contributed by atoms with E-state index >= 15 is 0 Å². The number of carbonyl (C=O) groups is 3. The lowest BCUT2D eigenvalue weighted by Crippen LogP contribution is -2.43. The number of ketones is 2. The molecule has 7 atom stereocenters. The molecule has 9 heteroatoms. The van der Waals surface area contributed by atoms with Gasteiger partial charge in [0.25, 0.3) is 0 Å². The fourth-order valence-electron chi connectivity index (χ4n) is 4.65. The van der Waals surface area contributed by atoms with Crippen LogP contribution in [-0.2, 0) is 25.5 Å². The highest BCUT2D eigenvalue weighted by molar-refractivity contribution is 7.09. The molecule has 0 aromatic carbocycles. The van der Waals surface area contributed by atoms with Crippen molar-refractivity contribution >= 4 is 28.9 Å². The molecule has 0 amide bonds. The highest BCUT2D eigenvalue weighted by Gasteiger charge is 2.42. The number of hydrogen-bond acceptors (Lipinski definition) is 8. The van der Waals surface area contributed by atoms with Crippen molar-refractivity contribution in [2.75, 3.05) is 0 Å². The van der Waals surface area contributed by atoms with Gasteiger partial charge in [-0.2, -0.15) is 0 Å². The zero-order valence-electron chi connectivity index (χ0n) is 21.8. The molecular formula is C26H42N2O6S. The number of aromatic nitrogens is 1. The maximum Gasteiger partial charge on any atom is 0.310 e. The number of aliphatic hydroxyl groups excluding tert-OH is 1. The maximum absolute atomic E-state index is 12.8. The van der Waals surface area contributed by atoms with E-state index in [0.717, 1.165) is 42.8 Å². The molecule has 1 aliphatic rings. The highest BCUT2D eigenvalue weighted by atomic mass is 32.1. The van der Waals surface area contributed by atoms with E-state index in [0.29, 0.717) is 5.92 Å². The number of carboxylic acid groups (broad SMARTS) is 1. The number of aliphatic hydroxyl groups is 1. The first-order chi connectivity index (χ1) is 16.2. The van der Waals surface area contributed by atoms with Gasteiger partial charge in [-0.1, -0.05) is 27.2 Å². The summed E-state index contributed by atoms with van der Waals surface area (Å²) in [5.41, 5.74) is 6.06. The molecule has 0 aliphatic carbocycles. The summed E-state index contributed by atoms with van der Waals surface area (Å²) in [6.07, 6.45) is 2.89. The zero-order chi connectivity index (χ0) is 26.5. The molecule has 1 aromatic heterocycles. The molecule has 2 heterocycles. The van der Waals surface area contributed by atoms with Crippen molar-refractivity contribution in [1.82, 2.24) is 4.98 Å². The number of nitrogens with two attached hydrogens (primary N) is 1. The number of thiazole rings is 1. The minimum absolute atomic E-state index is 0.0480. The molecule has 1 aliphatic heterocycles. The molecule has 2 rings (SSSR count). The molecule has 35 heavy (non-hydrogen) atoms. The number of carboxylic acids is 1. The van der Waals surface area contributed by atoms with Crippen LogP contribution in [0.4, 0.5) is 0 Å². The predicted octanol–water partition coefficient (Wildman–Crippen LogP) is 3.56. The molecule has 0 bridgehead atoms. The summed E-state index contributed by atoms with van der Waals surface area (Å²) in [7, 11) is 0. The number of rotatable bonds is 16. The van der Waals surface area contributed by atoms with E-state index in [1.165, 1.54) is 13.8 Å². The molecule has 1 saturated heterocycles. The van der Waals surface area contributed by atoms with Gasteiger partial charge < -0.3 is 20.7 Å². The van der Waals surface area contributed by atoms with Crippen molar-refractivity contribution < 1.29 is 29.3 Å². The summed E-state index contributed by atoms with van der Waals surface area (Å²) in [4.78, 5) is 40.4. The number of epoxide rings is 1. The first-order valence-electron chi connectivity index (χ1n) is 12.5. The van der Waals surface area contributed by atoms with Crippen LogP contribution in [-0.4, -0.2) is 57.1 Å². The number of nitrogens with zero attached hydrogens (tertiary/aromatic N) is 1. The van der Waals surface area contributed by atoms with Gasteiger partial charge in [-0.25, -0.2) is 4.98 Å². The van der Waals surface area contributed by atoms with E-state index in [2.05, 4.69) is 17.3 Å². The van der Waals surface area contributed by atoms with Crippen LogP contribution >= 0.6 is 11.3 Å². The second-order valence-corrected chi connectivity index (χ2v) is 11.9. The lowest BCUT2D eigenvalue weighted by molar-refractivity contribution is -0.147. The van der Waals surface area contributed by atoms with Gasteiger partial charge in [0, 0.05) is 17.3 Å². The lowest BCUT2D eigenvalue weighted by atomic mass is 9.74. The fourth-order valence-corrected chi connectivity index (χ4v) is 5.27. The Kier molecular flexibility index (Phi) is 10.6. The third kappa shape index (κ3) is 8.44. The fraction of sp³-hybridized carbons (Fsp3) is 0.769. The molecule has 0 radical (unpaired) electrons. The van der Waals surface area contributed by atoms with Crippen molar-refractivity contribution in [3.63, 3.8) is 0 Å². The van der Waals surface area contributed by atoms with E-state index in [9.17, 15) is 19.5 Å². The van der Waals surface area contributed by atoms with Crippen LogP contribution < -0.4 is 5.73 Å². The van der Waals surface area contributed by atoms with Crippen LogP contribution in [0.1, 0.15) is 77.4 Å². The Hall–Kier alpha value is -1.68. The lowest BCUT2D eigenvalue weighted by Gasteiger charge is -2.30. The number of hydrogen-bond donors (Lipinski definition) is 3. The van der Waals surface area contributed by atoms with Crippen molar-refractivity contribution in [1.29, 1.82) is 0 Å². The quantitative estimate of drug-likeness (QED) is 0.226. The second-order valence-electron chi connectivity index (χ2n) is 10.8. The Morgan fingerprint density at radius 1 is 1.20 bits per heavy atom. The number of aryl methyl sites for hydroxylation is 1. The Balaban J connectivity index is 1.71. The summed E-state index contributed by atoms with van der Waals surface area (Å²) in [5.74, 6) is -2.91. The second kappa shape index (κ2) is 12.5. The van der Waals surface area contributed by atoms with Crippen LogP contribution in [0.15, 0.2) is 5.38 Å². The monoisotopic (exact) mass is 510 g/mol. The normalized spacial score (nSPS) is 22.2. The molecule has 4 N–H and O–H groups in total. The van der Waals surface area contributed by atoms with Gasteiger partial charge in [0.1, 0.15) is 6.42 Å². The molecule has 0 spiro atoms. The molecule has 1 unspecified atom stereocenters. The molecule has 8 nitrogen and oxygen atoms in total. The Labute approximate surface area is 212 Å². The SMILES string of the molecule is Cc1nc(CC(C)[C@@H](N)C[C@@H]2O[C@@H]2CCC[C@H](C)[C@H](O)[C@@H](C)C(=O)C(C)(C)C(=O)CC(=O)O)cs1. The molecule has 198 valence electrons. The third-order valence-corrected chi connectivity index (χ3v) is 8.22. The van der Waals surface area contributed by atoms with Crippen molar-refractivity contribution in [3.8, 4) is 0 Å². The molecule has 1 fully saturated rings. The van der Waals surface area contributed by atoms with Crippen LogP contribution in [0, 0.1) is 30.1 Å². The number of carbonyl (C=O) groups excluding carboxylic acids is 2. The van der Waals surface area contributed by atoms with Gasteiger partial charge in [-0.3, -0.25) is 14.4 Å². The average molecular weight is 511 g/mol. The van der Waals surface area contributed by atoms with Gasteiger partial charge in [0.2, 0.25) is 0 Å². The van der Waals surface area contributed by atoms with Crippen LogP contribution in [0.3, 0.4) is 0 Å². The van der Waals surface area contributed by atoms with Crippen molar-refractivity contribution in [2.45, 2.75) is 104 Å². The van der Waals surface area contributed by atoms with E-state index in [1.54, 1.807) is 18.3 Å².